The fourth-order valence-electron chi connectivity index (χ4n) is 1.19. The summed E-state index contributed by atoms with van der Waals surface area (Å²) in [6, 6.07) is 0. The molecule has 0 saturated carbocycles. The Morgan fingerprint density at radius 2 is 1.65 bits per heavy atom. The van der Waals surface area contributed by atoms with Gasteiger partial charge in [0.05, 0.1) is 19.5 Å². The van der Waals surface area contributed by atoms with Gasteiger partial charge in [0.2, 0.25) is 0 Å². The van der Waals surface area contributed by atoms with E-state index in [1.54, 1.807) is 0 Å². The summed E-state index contributed by atoms with van der Waals surface area (Å²) in [6.45, 7) is 6.15. The Balaban J connectivity index is 3.93. The quantitative estimate of drug-likeness (QED) is 0.269. The topological polar surface area (TPSA) is 96.0 Å². The van der Waals surface area contributed by atoms with E-state index in [-0.39, 0.29) is 13.2 Å². The van der Waals surface area contributed by atoms with Crippen molar-refractivity contribution >= 4 is 22.1 Å². The Kier molecular flexibility index (Phi) is 7.44. The largest absolute Gasteiger partial charge is 0.464 e. The Bertz CT molecular complexity index is 450. The summed E-state index contributed by atoms with van der Waals surface area (Å²) >= 11 is 0. The van der Waals surface area contributed by atoms with Crippen LogP contribution in [0.3, 0.4) is 0 Å². The molecule has 0 unspecified atom stereocenters. The second-order valence-corrected chi connectivity index (χ2v) is 6.09. The van der Waals surface area contributed by atoms with Crippen LogP contribution in [0.25, 0.3) is 0 Å². The van der Waals surface area contributed by atoms with E-state index in [1.807, 2.05) is 0 Å². The molecule has 8 heteroatoms. The fourth-order valence-corrected chi connectivity index (χ4v) is 2.01. The molecule has 0 spiro atoms. The third kappa shape index (κ3) is 8.65. The zero-order valence-electron chi connectivity index (χ0n) is 11.9. The molecule has 0 radical (unpaired) electrons. The van der Waals surface area contributed by atoms with E-state index in [9.17, 15) is 18.0 Å². The Labute approximate surface area is 119 Å². The Morgan fingerprint density at radius 3 is 2.10 bits per heavy atom. The van der Waals surface area contributed by atoms with Crippen LogP contribution in [0.15, 0.2) is 12.7 Å². The average molecular weight is 308 g/mol. The molecular formula is C12H20O7S. The zero-order chi connectivity index (χ0) is 15.8. The minimum Gasteiger partial charge on any atom is -0.464 e. The molecular weight excluding hydrogens is 288 g/mol. The second-order valence-electron chi connectivity index (χ2n) is 4.51. The minimum absolute atomic E-state index is 0.0844. The lowest BCUT2D eigenvalue weighted by Gasteiger charge is -2.21. The van der Waals surface area contributed by atoms with Crippen LogP contribution in [-0.4, -0.2) is 45.4 Å². The third-order valence-corrected chi connectivity index (χ3v) is 2.75. The molecule has 0 aliphatic carbocycles. The predicted octanol–water partition coefficient (Wildman–Crippen LogP) is 0.794. The summed E-state index contributed by atoms with van der Waals surface area (Å²) in [5.41, 5.74) is -1.57. The van der Waals surface area contributed by atoms with Crippen LogP contribution in [0.4, 0.5) is 0 Å². The number of hydrogen-bond donors (Lipinski definition) is 0. The van der Waals surface area contributed by atoms with Crippen molar-refractivity contribution in [1.29, 1.82) is 0 Å². The van der Waals surface area contributed by atoms with Gasteiger partial charge in [0.15, 0.2) is 5.60 Å². The summed E-state index contributed by atoms with van der Waals surface area (Å²) < 4.78 is 36.2. The average Bonchev–Trinajstić information content (AvgIpc) is 2.29. The van der Waals surface area contributed by atoms with E-state index in [4.69, 9.17) is 9.47 Å². The number of esters is 2. The van der Waals surface area contributed by atoms with E-state index in [0.29, 0.717) is 12.8 Å². The third-order valence-electron chi connectivity index (χ3n) is 2.03. The maximum absolute atomic E-state index is 11.6. The van der Waals surface area contributed by atoms with Crippen LogP contribution in [0.5, 0.6) is 0 Å². The highest BCUT2D eigenvalue weighted by atomic mass is 32.2. The number of carbonyl (C=O) groups is 2. The van der Waals surface area contributed by atoms with E-state index < -0.39 is 27.7 Å². The Morgan fingerprint density at radius 1 is 1.15 bits per heavy atom. The first-order valence-electron chi connectivity index (χ1n) is 5.95. The molecule has 116 valence electrons. The van der Waals surface area contributed by atoms with Gasteiger partial charge in [-0.3, -0.25) is 4.18 Å². The molecule has 0 bridgehead atoms. The first-order valence-corrected chi connectivity index (χ1v) is 7.77. The maximum atomic E-state index is 11.6. The molecule has 0 aliphatic rings. The molecule has 0 N–H and O–H groups in total. The van der Waals surface area contributed by atoms with E-state index in [0.717, 1.165) is 12.3 Å². The summed E-state index contributed by atoms with van der Waals surface area (Å²) in [5, 5.41) is 0. The van der Waals surface area contributed by atoms with Gasteiger partial charge in [0.25, 0.3) is 10.1 Å². The normalized spacial score (nSPS) is 11.8. The Hall–Kier alpha value is -1.41. The number of unbranched alkanes of at least 4 members (excludes halogenated alkanes) is 1. The SMILES string of the molecule is C=CC(=O)OCCCCOC(=O)C(C)(C)OS(C)(=O)=O. The summed E-state index contributed by atoms with van der Waals surface area (Å²) in [4.78, 5) is 22.3. The van der Waals surface area contributed by atoms with Gasteiger partial charge < -0.3 is 9.47 Å². The number of hydrogen-bond acceptors (Lipinski definition) is 7. The van der Waals surface area contributed by atoms with E-state index in [2.05, 4.69) is 10.8 Å². The van der Waals surface area contributed by atoms with Gasteiger partial charge in [-0.15, -0.1) is 0 Å². The van der Waals surface area contributed by atoms with Crippen LogP contribution in [-0.2, 0) is 33.4 Å². The fraction of sp³-hybridized carbons (Fsp3) is 0.667. The van der Waals surface area contributed by atoms with Crippen molar-refractivity contribution in [2.24, 2.45) is 0 Å². The smallest absolute Gasteiger partial charge is 0.339 e. The molecule has 0 rings (SSSR count). The molecule has 0 aliphatic heterocycles. The zero-order valence-corrected chi connectivity index (χ0v) is 12.7. The van der Waals surface area contributed by atoms with Crippen LogP contribution in [0, 0.1) is 0 Å². The molecule has 0 amide bonds. The van der Waals surface area contributed by atoms with Gasteiger partial charge in [-0.25, -0.2) is 9.59 Å². The van der Waals surface area contributed by atoms with Gasteiger partial charge in [0.1, 0.15) is 0 Å². The van der Waals surface area contributed by atoms with E-state index >= 15 is 0 Å². The van der Waals surface area contributed by atoms with Crippen molar-refractivity contribution in [2.75, 3.05) is 19.5 Å². The summed E-state index contributed by atoms with van der Waals surface area (Å²) in [6.07, 6.45) is 2.91. The van der Waals surface area contributed by atoms with Gasteiger partial charge in [-0.1, -0.05) is 6.58 Å². The first kappa shape index (κ1) is 18.6. The monoisotopic (exact) mass is 308 g/mol. The van der Waals surface area contributed by atoms with Crippen molar-refractivity contribution in [3.8, 4) is 0 Å². The van der Waals surface area contributed by atoms with Crippen molar-refractivity contribution in [3.63, 3.8) is 0 Å². The highest BCUT2D eigenvalue weighted by molar-refractivity contribution is 7.86. The highest BCUT2D eigenvalue weighted by Gasteiger charge is 2.34. The van der Waals surface area contributed by atoms with Gasteiger partial charge in [-0.2, -0.15) is 8.42 Å². The second kappa shape index (κ2) is 8.01. The van der Waals surface area contributed by atoms with Gasteiger partial charge >= 0.3 is 11.9 Å². The van der Waals surface area contributed by atoms with Crippen molar-refractivity contribution in [3.05, 3.63) is 12.7 Å². The van der Waals surface area contributed by atoms with Crippen LogP contribution < -0.4 is 0 Å². The summed E-state index contributed by atoms with van der Waals surface area (Å²) in [5.74, 6) is -1.28. The van der Waals surface area contributed by atoms with Gasteiger partial charge in [-0.05, 0) is 26.7 Å². The molecule has 0 aromatic carbocycles. The molecule has 0 aromatic heterocycles. The highest BCUT2D eigenvalue weighted by Crippen LogP contribution is 2.14. The molecule has 0 saturated heterocycles. The molecule has 7 nitrogen and oxygen atoms in total. The number of carbonyl (C=O) groups excluding carboxylic acids is 2. The lowest BCUT2D eigenvalue weighted by molar-refractivity contribution is -0.159. The minimum atomic E-state index is -3.75. The molecule has 0 heterocycles. The van der Waals surface area contributed by atoms with E-state index in [1.165, 1.54) is 13.8 Å². The lowest BCUT2D eigenvalue weighted by atomic mass is 10.1. The summed E-state index contributed by atoms with van der Waals surface area (Å²) in [7, 11) is -3.75. The van der Waals surface area contributed by atoms with Crippen LogP contribution in [0.1, 0.15) is 26.7 Å². The number of rotatable bonds is 9. The lowest BCUT2D eigenvalue weighted by Crippen LogP contribution is -2.38. The predicted molar refractivity (Wildman–Crippen MR) is 71.4 cm³/mol. The first-order chi connectivity index (χ1) is 9.08. The molecule has 0 fully saturated rings. The van der Waals surface area contributed by atoms with Crippen LogP contribution in [0.2, 0.25) is 0 Å². The van der Waals surface area contributed by atoms with Gasteiger partial charge in [0, 0.05) is 6.08 Å². The maximum Gasteiger partial charge on any atom is 0.339 e. The molecule has 0 aromatic rings. The van der Waals surface area contributed by atoms with Crippen LogP contribution >= 0.6 is 0 Å². The molecule has 0 atom stereocenters. The standard InChI is InChI=1S/C12H20O7S/c1-5-10(13)17-8-6-7-9-18-11(14)12(2,3)19-20(4,15)16/h5H,1,6-9H2,2-4H3. The molecule has 20 heavy (non-hydrogen) atoms. The van der Waals surface area contributed by atoms with Crippen molar-refractivity contribution < 1.29 is 31.7 Å². The number of ether oxygens (including phenoxy) is 2. The van der Waals surface area contributed by atoms with Crippen molar-refractivity contribution in [2.45, 2.75) is 32.3 Å². The van der Waals surface area contributed by atoms with Crippen molar-refractivity contribution in [1.82, 2.24) is 0 Å².